The molecule has 2 heterocycles. The Morgan fingerprint density at radius 2 is 2.00 bits per heavy atom. The van der Waals surface area contributed by atoms with Crippen LogP contribution in [0.3, 0.4) is 0 Å². The zero-order chi connectivity index (χ0) is 12.8. The highest BCUT2D eigenvalue weighted by Crippen LogP contribution is 2.41. The second kappa shape index (κ2) is 3.60. The largest absolute Gasteiger partial charge is 0.481 e. The van der Waals surface area contributed by atoms with Crippen LogP contribution < -0.4 is 0 Å². The van der Waals surface area contributed by atoms with Gasteiger partial charge in [0.1, 0.15) is 17.1 Å². The molecule has 0 saturated carbocycles. The van der Waals surface area contributed by atoms with Crippen molar-refractivity contribution in [2.45, 2.75) is 32.0 Å². The van der Waals surface area contributed by atoms with Crippen LogP contribution in [0.2, 0.25) is 0 Å². The molecule has 2 saturated heterocycles. The summed E-state index contributed by atoms with van der Waals surface area (Å²) in [5.41, 5.74) is -1.20. The minimum atomic E-state index is -0.861. The van der Waals surface area contributed by atoms with Gasteiger partial charge in [-0.1, -0.05) is 0 Å². The maximum absolute atomic E-state index is 11.6. The molecule has 1 amide bonds. The van der Waals surface area contributed by atoms with Gasteiger partial charge in [0.05, 0.1) is 19.7 Å². The second-order valence-corrected chi connectivity index (χ2v) is 5.60. The zero-order valence-corrected chi connectivity index (χ0v) is 10.2. The van der Waals surface area contributed by atoms with E-state index >= 15 is 0 Å². The predicted octanol–water partition coefficient (Wildman–Crippen LogP) is 0.707. The average Bonchev–Trinajstić information content (AvgIpc) is 1.93. The van der Waals surface area contributed by atoms with Crippen LogP contribution in [0.25, 0.3) is 0 Å². The van der Waals surface area contributed by atoms with Gasteiger partial charge in [0, 0.05) is 0 Å². The minimum Gasteiger partial charge on any atom is -0.481 e. The number of hydrogen-bond donors (Lipinski definition) is 1. The van der Waals surface area contributed by atoms with Crippen molar-refractivity contribution in [3.63, 3.8) is 0 Å². The van der Waals surface area contributed by atoms with Crippen LogP contribution in [-0.2, 0) is 14.3 Å². The molecule has 1 spiro atoms. The number of rotatable bonds is 1. The summed E-state index contributed by atoms with van der Waals surface area (Å²) in [6, 6.07) is 0. The maximum Gasteiger partial charge on any atom is 0.410 e. The summed E-state index contributed by atoms with van der Waals surface area (Å²) in [5, 5.41) is 8.93. The van der Waals surface area contributed by atoms with Gasteiger partial charge in [-0.05, 0) is 20.8 Å². The van der Waals surface area contributed by atoms with Gasteiger partial charge in [-0.25, -0.2) is 4.79 Å². The van der Waals surface area contributed by atoms with E-state index in [-0.39, 0.29) is 6.61 Å². The quantitative estimate of drug-likeness (QED) is 0.734. The number of carbonyl (C=O) groups excluding carboxylic acids is 1. The topological polar surface area (TPSA) is 76.1 Å². The molecule has 6 nitrogen and oxygen atoms in total. The SMILES string of the molecule is CC(C)(C)OC(=O)N1CC2(C1)OCC2C(=O)O. The van der Waals surface area contributed by atoms with E-state index in [1.165, 1.54) is 4.90 Å². The number of ether oxygens (including phenoxy) is 2. The zero-order valence-electron chi connectivity index (χ0n) is 10.2. The van der Waals surface area contributed by atoms with Crippen LogP contribution in [0.5, 0.6) is 0 Å². The van der Waals surface area contributed by atoms with Gasteiger partial charge in [-0.2, -0.15) is 0 Å². The number of carboxylic acid groups (broad SMARTS) is 1. The smallest absolute Gasteiger partial charge is 0.410 e. The number of amides is 1. The number of carboxylic acids is 1. The number of aliphatic carboxylic acids is 1. The molecule has 2 fully saturated rings. The third kappa shape index (κ3) is 2.09. The standard InChI is InChI=1S/C11H17NO5/c1-10(2,3)17-9(15)12-5-11(6-12)7(4-16-11)8(13)14/h7H,4-6H2,1-3H3,(H,13,14). The Labute approximate surface area is 99.5 Å². The van der Waals surface area contributed by atoms with Crippen LogP contribution in [0.1, 0.15) is 20.8 Å². The summed E-state index contributed by atoms with van der Waals surface area (Å²) < 4.78 is 10.5. The normalized spacial score (nSPS) is 26.1. The van der Waals surface area contributed by atoms with E-state index in [4.69, 9.17) is 14.6 Å². The monoisotopic (exact) mass is 243 g/mol. The van der Waals surface area contributed by atoms with Gasteiger partial charge in [0.25, 0.3) is 0 Å². The Morgan fingerprint density at radius 1 is 1.41 bits per heavy atom. The second-order valence-electron chi connectivity index (χ2n) is 5.60. The lowest BCUT2D eigenvalue weighted by Crippen LogP contribution is -2.75. The third-order valence-electron chi connectivity index (χ3n) is 3.04. The Kier molecular flexibility index (Phi) is 2.57. The molecular formula is C11H17NO5. The molecule has 96 valence electrons. The molecule has 0 bridgehead atoms. The maximum atomic E-state index is 11.6. The fourth-order valence-electron chi connectivity index (χ4n) is 2.07. The summed E-state index contributed by atoms with van der Waals surface area (Å²) in [4.78, 5) is 24.0. The van der Waals surface area contributed by atoms with Gasteiger partial charge in [0.2, 0.25) is 0 Å². The van der Waals surface area contributed by atoms with Crippen LogP contribution in [0.4, 0.5) is 4.79 Å². The average molecular weight is 243 g/mol. The fraction of sp³-hybridized carbons (Fsp3) is 0.818. The van der Waals surface area contributed by atoms with E-state index in [9.17, 15) is 9.59 Å². The van der Waals surface area contributed by atoms with E-state index < -0.39 is 29.2 Å². The van der Waals surface area contributed by atoms with Gasteiger partial charge >= 0.3 is 12.1 Å². The summed E-state index contributed by atoms with van der Waals surface area (Å²) in [6.07, 6.45) is -0.414. The lowest BCUT2D eigenvalue weighted by Gasteiger charge is -2.57. The highest BCUT2D eigenvalue weighted by Gasteiger charge is 2.61. The van der Waals surface area contributed by atoms with Gasteiger partial charge in [-0.15, -0.1) is 0 Å². The summed E-state index contributed by atoms with van der Waals surface area (Å²) >= 11 is 0. The minimum absolute atomic E-state index is 0.234. The van der Waals surface area contributed by atoms with E-state index in [2.05, 4.69) is 0 Å². The Hall–Kier alpha value is -1.30. The van der Waals surface area contributed by atoms with Gasteiger partial charge in [0.15, 0.2) is 0 Å². The molecule has 2 aliphatic rings. The van der Waals surface area contributed by atoms with E-state index in [0.717, 1.165) is 0 Å². The molecule has 0 radical (unpaired) electrons. The first-order valence-corrected chi connectivity index (χ1v) is 5.58. The van der Waals surface area contributed by atoms with Crippen molar-refractivity contribution < 1.29 is 24.2 Å². The number of likely N-dealkylation sites (tertiary alicyclic amines) is 1. The predicted molar refractivity (Wildman–Crippen MR) is 57.6 cm³/mol. The molecule has 2 aliphatic heterocycles. The molecular weight excluding hydrogens is 226 g/mol. The van der Waals surface area contributed by atoms with E-state index in [1.54, 1.807) is 20.8 Å². The Morgan fingerprint density at radius 3 is 2.35 bits per heavy atom. The van der Waals surface area contributed by atoms with E-state index in [0.29, 0.717) is 13.1 Å². The first kappa shape index (κ1) is 12.2. The Bertz CT molecular complexity index is 353. The molecule has 1 unspecified atom stereocenters. The number of carbonyl (C=O) groups is 2. The molecule has 1 atom stereocenters. The summed E-state index contributed by atoms with van der Waals surface area (Å²) in [5.74, 6) is -1.36. The van der Waals surface area contributed by atoms with Crippen molar-refractivity contribution in [2.75, 3.05) is 19.7 Å². The first-order chi connectivity index (χ1) is 7.73. The van der Waals surface area contributed by atoms with Crippen molar-refractivity contribution in [3.05, 3.63) is 0 Å². The van der Waals surface area contributed by atoms with Gasteiger partial charge in [-0.3, -0.25) is 4.79 Å². The molecule has 6 heteroatoms. The number of hydrogen-bond acceptors (Lipinski definition) is 4. The van der Waals surface area contributed by atoms with Crippen LogP contribution in [0.15, 0.2) is 0 Å². The van der Waals surface area contributed by atoms with Crippen molar-refractivity contribution in [1.82, 2.24) is 4.90 Å². The molecule has 2 rings (SSSR count). The van der Waals surface area contributed by atoms with Crippen LogP contribution in [0, 0.1) is 5.92 Å². The molecule has 0 aromatic heterocycles. The third-order valence-corrected chi connectivity index (χ3v) is 3.04. The molecule has 1 N–H and O–H groups in total. The van der Waals surface area contributed by atoms with Crippen molar-refractivity contribution in [1.29, 1.82) is 0 Å². The lowest BCUT2D eigenvalue weighted by atomic mass is 9.76. The summed E-state index contributed by atoms with van der Waals surface area (Å²) in [7, 11) is 0. The molecule has 17 heavy (non-hydrogen) atoms. The molecule has 0 aromatic rings. The molecule has 0 aliphatic carbocycles. The Balaban J connectivity index is 1.87. The highest BCUT2D eigenvalue weighted by molar-refractivity contribution is 5.75. The summed E-state index contributed by atoms with van der Waals surface area (Å²) in [6.45, 7) is 6.22. The van der Waals surface area contributed by atoms with Gasteiger partial charge < -0.3 is 19.5 Å². The first-order valence-electron chi connectivity index (χ1n) is 5.58. The van der Waals surface area contributed by atoms with Crippen molar-refractivity contribution >= 4 is 12.1 Å². The van der Waals surface area contributed by atoms with Crippen LogP contribution in [-0.4, -0.2) is 53.0 Å². The highest BCUT2D eigenvalue weighted by atomic mass is 16.6. The lowest BCUT2D eigenvalue weighted by molar-refractivity contribution is -0.260. The fourth-order valence-corrected chi connectivity index (χ4v) is 2.07. The van der Waals surface area contributed by atoms with Crippen molar-refractivity contribution in [3.8, 4) is 0 Å². The van der Waals surface area contributed by atoms with E-state index in [1.807, 2.05) is 0 Å². The van der Waals surface area contributed by atoms with Crippen LogP contribution >= 0.6 is 0 Å². The molecule has 0 aromatic carbocycles. The van der Waals surface area contributed by atoms with Crippen molar-refractivity contribution in [2.24, 2.45) is 5.92 Å². The number of nitrogens with zero attached hydrogens (tertiary/aromatic N) is 1.